The largest absolute Gasteiger partial charge is 0.481 e. The summed E-state index contributed by atoms with van der Waals surface area (Å²) in [4.78, 5) is 26.3. The third kappa shape index (κ3) is 3.47. The predicted molar refractivity (Wildman–Crippen MR) is 76.4 cm³/mol. The smallest absolute Gasteiger partial charge is 0.471 e. The van der Waals surface area contributed by atoms with Crippen molar-refractivity contribution in [1.29, 1.82) is 0 Å². The number of nitrogens with one attached hydrogen (secondary N) is 1. The zero-order chi connectivity index (χ0) is 18.2. The van der Waals surface area contributed by atoms with Gasteiger partial charge in [-0.15, -0.1) is 0 Å². The minimum atomic E-state index is -4.73. The van der Waals surface area contributed by atoms with Gasteiger partial charge in [-0.3, -0.25) is 9.59 Å². The molecule has 25 heavy (non-hydrogen) atoms. The van der Waals surface area contributed by atoms with Gasteiger partial charge in [0, 0.05) is 17.7 Å². The van der Waals surface area contributed by atoms with E-state index in [0.717, 1.165) is 0 Å². The molecule has 0 aliphatic heterocycles. The lowest BCUT2D eigenvalue weighted by atomic mass is 10.1. The highest BCUT2D eigenvalue weighted by molar-refractivity contribution is 5.95. The van der Waals surface area contributed by atoms with Crippen molar-refractivity contribution in [3.63, 3.8) is 0 Å². The van der Waals surface area contributed by atoms with E-state index in [-0.39, 0.29) is 23.5 Å². The van der Waals surface area contributed by atoms with Gasteiger partial charge in [-0.25, -0.2) is 0 Å². The molecule has 3 rings (SSSR count). The number of carbonyl (C=O) groups is 2. The molecule has 132 valence electrons. The van der Waals surface area contributed by atoms with Crippen LogP contribution in [0.2, 0.25) is 0 Å². The number of halogens is 3. The number of alkyl halides is 3. The van der Waals surface area contributed by atoms with Gasteiger partial charge < -0.3 is 14.9 Å². The topological polar surface area (TPSA) is 105 Å². The highest BCUT2D eigenvalue weighted by Crippen LogP contribution is 2.45. The second kappa shape index (κ2) is 5.87. The summed E-state index contributed by atoms with van der Waals surface area (Å²) in [5.41, 5.74) is -0.390. The van der Waals surface area contributed by atoms with Gasteiger partial charge in [0.05, 0.1) is 5.41 Å². The van der Waals surface area contributed by atoms with E-state index in [0.29, 0.717) is 12.8 Å². The van der Waals surface area contributed by atoms with E-state index in [1.165, 1.54) is 24.3 Å². The van der Waals surface area contributed by atoms with E-state index >= 15 is 0 Å². The van der Waals surface area contributed by atoms with Gasteiger partial charge in [-0.2, -0.15) is 18.2 Å². The van der Waals surface area contributed by atoms with Crippen LogP contribution in [0.15, 0.2) is 28.8 Å². The zero-order valence-electron chi connectivity index (χ0n) is 12.6. The van der Waals surface area contributed by atoms with E-state index in [1.807, 2.05) is 0 Å². The van der Waals surface area contributed by atoms with Gasteiger partial charge in [-0.1, -0.05) is 17.3 Å². The van der Waals surface area contributed by atoms with Gasteiger partial charge in [0.2, 0.25) is 5.82 Å². The highest BCUT2D eigenvalue weighted by atomic mass is 19.4. The summed E-state index contributed by atoms with van der Waals surface area (Å²) in [6.07, 6.45) is -3.70. The lowest BCUT2D eigenvalue weighted by Crippen LogP contribution is -2.34. The van der Waals surface area contributed by atoms with Crippen molar-refractivity contribution in [2.45, 2.75) is 19.0 Å². The molecule has 0 atom stereocenters. The van der Waals surface area contributed by atoms with Gasteiger partial charge in [0.15, 0.2) is 0 Å². The number of benzene rings is 1. The highest BCUT2D eigenvalue weighted by Gasteiger charge is 2.50. The van der Waals surface area contributed by atoms with Crippen LogP contribution in [-0.4, -0.2) is 33.7 Å². The van der Waals surface area contributed by atoms with Gasteiger partial charge in [-0.05, 0) is 25.0 Å². The molecule has 2 N–H and O–H groups in total. The van der Waals surface area contributed by atoms with Crippen LogP contribution in [0.5, 0.6) is 0 Å². The third-order valence-electron chi connectivity index (χ3n) is 3.97. The third-order valence-corrected chi connectivity index (χ3v) is 3.97. The molecule has 1 fully saturated rings. The average Bonchev–Trinajstić information content (AvgIpc) is 3.19. The van der Waals surface area contributed by atoms with Crippen LogP contribution >= 0.6 is 0 Å². The summed E-state index contributed by atoms with van der Waals surface area (Å²) in [7, 11) is 0. The first-order valence-electron chi connectivity index (χ1n) is 7.24. The SMILES string of the molecule is O=C(NCC1(C(=O)O)CC1)c1ccc(-c2noc(C(F)(F)F)n2)cc1. The zero-order valence-corrected chi connectivity index (χ0v) is 12.6. The van der Waals surface area contributed by atoms with Crippen LogP contribution in [-0.2, 0) is 11.0 Å². The van der Waals surface area contributed by atoms with E-state index in [2.05, 4.69) is 20.0 Å². The van der Waals surface area contributed by atoms with Gasteiger partial charge >= 0.3 is 18.0 Å². The Morgan fingerprint density at radius 1 is 1.24 bits per heavy atom. The molecule has 7 nitrogen and oxygen atoms in total. The average molecular weight is 355 g/mol. The number of amides is 1. The molecule has 1 aliphatic rings. The number of rotatable bonds is 5. The fourth-order valence-electron chi connectivity index (χ4n) is 2.20. The Hall–Kier alpha value is -2.91. The number of nitrogens with zero attached hydrogens (tertiary/aromatic N) is 2. The van der Waals surface area contributed by atoms with Crippen LogP contribution in [0.3, 0.4) is 0 Å². The van der Waals surface area contributed by atoms with Gasteiger partial charge in [0.1, 0.15) is 0 Å². The number of hydrogen-bond acceptors (Lipinski definition) is 5. The van der Waals surface area contributed by atoms with Crippen molar-refractivity contribution in [2.24, 2.45) is 5.41 Å². The molecular formula is C15H12F3N3O4. The van der Waals surface area contributed by atoms with Crippen molar-refractivity contribution in [3.8, 4) is 11.4 Å². The van der Waals surface area contributed by atoms with Crippen molar-refractivity contribution in [1.82, 2.24) is 15.5 Å². The molecule has 0 bridgehead atoms. The lowest BCUT2D eigenvalue weighted by Gasteiger charge is -2.11. The Balaban J connectivity index is 1.67. The number of aliphatic carboxylic acids is 1. The van der Waals surface area contributed by atoms with Crippen LogP contribution in [0.1, 0.15) is 29.1 Å². The maximum absolute atomic E-state index is 12.4. The fraction of sp³-hybridized carbons (Fsp3) is 0.333. The molecule has 1 saturated carbocycles. The molecule has 0 unspecified atom stereocenters. The molecule has 1 aliphatic carbocycles. The quantitative estimate of drug-likeness (QED) is 0.853. The first kappa shape index (κ1) is 16.9. The summed E-state index contributed by atoms with van der Waals surface area (Å²) in [5.74, 6) is -3.11. The van der Waals surface area contributed by atoms with E-state index < -0.39 is 29.4 Å². The molecule has 10 heteroatoms. The van der Waals surface area contributed by atoms with Crippen molar-refractivity contribution in [2.75, 3.05) is 6.54 Å². The normalized spacial score (nSPS) is 15.6. The lowest BCUT2D eigenvalue weighted by molar-refractivity contribution is -0.159. The first-order valence-corrected chi connectivity index (χ1v) is 7.24. The van der Waals surface area contributed by atoms with Crippen molar-refractivity contribution in [3.05, 3.63) is 35.7 Å². The monoisotopic (exact) mass is 355 g/mol. The Kier molecular flexibility index (Phi) is 3.97. The van der Waals surface area contributed by atoms with E-state index in [1.54, 1.807) is 0 Å². The molecular weight excluding hydrogens is 343 g/mol. The maximum atomic E-state index is 12.4. The Morgan fingerprint density at radius 3 is 2.36 bits per heavy atom. The van der Waals surface area contributed by atoms with Crippen LogP contribution in [0, 0.1) is 5.41 Å². The summed E-state index contributed by atoms with van der Waals surface area (Å²) < 4.78 is 41.5. The van der Waals surface area contributed by atoms with Crippen molar-refractivity contribution >= 4 is 11.9 Å². The Morgan fingerprint density at radius 2 is 1.88 bits per heavy atom. The number of carbonyl (C=O) groups excluding carboxylic acids is 1. The van der Waals surface area contributed by atoms with E-state index in [4.69, 9.17) is 5.11 Å². The minimum Gasteiger partial charge on any atom is -0.481 e. The number of carboxylic acid groups (broad SMARTS) is 1. The molecule has 1 amide bonds. The standard InChI is InChI=1S/C15H12F3N3O4/c16-15(17,18)12-20-10(21-25-12)8-1-3-9(4-2-8)11(22)19-7-14(5-6-14)13(23)24/h1-4H,5-7H2,(H,19,22)(H,23,24). The molecule has 2 aromatic rings. The van der Waals surface area contributed by atoms with Crippen molar-refractivity contribution < 1.29 is 32.4 Å². The molecule has 1 heterocycles. The summed E-state index contributed by atoms with van der Waals surface area (Å²) >= 11 is 0. The van der Waals surface area contributed by atoms with Crippen LogP contribution < -0.4 is 5.32 Å². The second-order valence-corrected chi connectivity index (χ2v) is 5.77. The van der Waals surface area contributed by atoms with E-state index in [9.17, 15) is 22.8 Å². The summed E-state index contributed by atoms with van der Waals surface area (Å²) in [6, 6.07) is 5.53. The summed E-state index contributed by atoms with van der Waals surface area (Å²) in [5, 5.41) is 14.9. The van der Waals surface area contributed by atoms with Crippen LogP contribution in [0.25, 0.3) is 11.4 Å². The molecule has 0 saturated heterocycles. The summed E-state index contributed by atoms with van der Waals surface area (Å²) in [6.45, 7) is 0.0305. The molecule has 1 aromatic heterocycles. The Bertz CT molecular complexity index is 810. The minimum absolute atomic E-state index is 0.0305. The second-order valence-electron chi connectivity index (χ2n) is 5.77. The number of hydrogen-bond donors (Lipinski definition) is 2. The molecule has 0 radical (unpaired) electrons. The Labute approximate surface area is 138 Å². The van der Waals surface area contributed by atoms with Gasteiger partial charge in [0.25, 0.3) is 5.91 Å². The molecule has 1 aromatic carbocycles. The molecule has 0 spiro atoms. The number of aromatic nitrogens is 2. The van der Waals surface area contributed by atoms with Crippen LogP contribution in [0.4, 0.5) is 13.2 Å². The predicted octanol–water partition coefficient (Wildman–Crippen LogP) is 2.35. The number of carboxylic acids is 1. The first-order chi connectivity index (χ1) is 11.7. The fourth-order valence-corrected chi connectivity index (χ4v) is 2.20. The maximum Gasteiger partial charge on any atom is 0.471 e.